The molecule has 3 rings (SSSR count). The van der Waals surface area contributed by atoms with E-state index in [0.717, 1.165) is 34.1 Å². The second-order valence-corrected chi connectivity index (χ2v) is 7.05. The summed E-state index contributed by atoms with van der Waals surface area (Å²) in [6.45, 7) is 7.14. The normalized spacial score (nSPS) is 11.4. The smallest absolute Gasteiger partial charge is 0.191 e. The number of hydrogen-bond acceptors (Lipinski definition) is 4. The highest BCUT2D eigenvalue weighted by molar-refractivity contribution is 5.79. The lowest BCUT2D eigenvalue weighted by atomic mass is 10.1. The van der Waals surface area contributed by atoms with Crippen molar-refractivity contribution in [2.24, 2.45) is 4.99 Å². The number of nitrogens with one attached hydrogen (secondary N) is 2. The van der Waals surface area contributed by atoms with Crippen molar-refractivity contribution < 1.29 is 9.47 Å². The Bertz CT molecular complexity index is 953. The first-order valence-corrected chi connectivity index (χ1v) is 10.5. The van der Waals surface area contributed by atoms with Crippen LogP contribution in [0.3, 0.4) is 0 Å². The van der Waals surface area contributed by atoms with Gasteiger partial charge in [-0.15, -0.1) is 0 Å². The van der Waals surface area contributed by atoms with E-state index in [2.05, 4.69) is 70.1 Å². The minimum Gasteiger partial charge on any atom is -0.491 e. The van der Waals surface area contributed by atoms with E-state index in [-0.39, 0.29) is 0 Å². The summed E-state index contributed by atoms with van der Waals surface area (Å²) < 4.78 is 13.1. The largest absolute Gasteiger partial charge is 0.491 e. The van der Waals surface area contributed by atoms with Crippen molar-refractivity contribution in [1.82, 2.24) is 20.4 Å². The van der Waals surface area contributed by atoms with Crippen molar-refractivity contribution in [3.05, 3.63) is 77.6 Å². The molecule has 0 amide bonds. The van der Waals surface area contributed by atoms with Gasteiger partial charge in [0.05, 0.1) is 12.3 Å². The molecule has 0 aliphatic carbocycles. The molecular weight excluding hydrogens is 390 g/mol. The molecule has 0 bridgehead atoms. The van der Waals surface area contributed by atoms with Crippen LogP contribution in [0.4, 0.5) is 0 Å². The van der Waals surface area contributed by atoms with Crippen LogP contribution in [-0.4, -0.2) is 42.6 Å². The predicted molar refractivity (Wildman–Crippen MR) is 124 cm³/mol. The van der Waals surface area contributed by atoms with Gasteiger partial charge in [0.15, 0.2) is 5.96 Å². The Kier molecular flexibility index (Phi) is 8.48. The Morgan fingerprint density at radius 1 is 1.06 bits per heavy atom. The lowest BCUT2D eigenvalue weighted by Crippen LogP contribution is -2.36. The minimum absolute atomic E-state index is 0.534. The van der Waals surface area contributed by atoms with Gasteiger partial charge in [0.2, 0.25) is 0 Å². The fourth-order valence-electron chi connectivity index (χ4n) is 3.07. The molecule has 0 aliphatic heterocycles. The second-order valence-electron chi connectivity index (χ2n) is 7.05. The average Bonchev–Trinajstić information content (AvgIpc) is 3.33. The van der Waals surface area contributed by atoms with Crippen molar-refractivity contribution >= 4 is 5.96 Å². The highest BCUT2D eigenvalue weighted by atomic mass is 16.5. The number of hydrogen-bond donors (Lipinski definition) is 2. The lowest BCUT2D eigenvalue weighted by Gasteiger charge is -2.16. The van der Waals surface area contributed by atoms with Crippen molar-refractivity contribution in [3.8, 4) is 11.4 Å². The van der Waals surface area contributed by atoms with Crippen LogP contribution in [0.15, 0.2) is 65.9 Å². The van der Waals surface area contributed by atoms with E-state index in [4.69, 9.17) is 9.47 Å². The maximum Gasteiger partial charge on any atom is 0.191 e. The molecule has 2 N–H and O–H groups in total. The Morgan fingerprint density at radius 2 is 1.87 bits per heavy atom. The molecule has 0 aliphatic rings. The number of rotatable bonds is 10. The summed E-state index contributed by atoms with van der Waals surface area (Å²) in [6.07, 6.45) is 3.70. The van der Waals surface area contributed by atoms with Crippen LogP contribution >= 0.6 is 0 Å². The van der Waals surface area contributed by atoms with Crippen molar-refractivity contribution in [3.63, 3.8) is 0 Å². The third-order valence-corrected chi connectivity index (χ3v) is 4.75. The zero-order chi connectivity index (χ0) is 21.9. The first-order chi connectivity index (χ1) is 15.2. The third kappa shape index (κ3) is 6.86. The summed E-state index contributed by atoms with van der Waals surface area (Å²) in [5.41, 5.74) is 4.44. The molecule has 31 heavy (non-hydrogen) atoms. The van der Waals surface area contributed by atoms with E-state index in [1.54, 1.807) is 13.2 Å². The lowest BCUT2D eigenvalue weighted by molar-refractivity contribution is 0.110. The van der Waals surface area contributed by atoms with Crippen LogP contribution < -0.4 is 15.4 Å². The van der Waals surface area contributed by atoms with E-state index >= 15 is 0 Å². The van der Waals surface area contributed by atoms with Gasteiger partial charge in [-0.25, -0.2) is 4.68 Å². The zero-order valence-electron chi connectivity index (χ0n) is 18.5. The third-order valence-electron chi connectivity index (χ3n) is 4.75. The van der Waals surface area contributed by atoms with E-state index < -0.39 is 0 Å². The van der Waals surface area contributed by atoms with Crippen molar-refractivity contribution in [2.75, 3.05) is 26.9 Å². The molecule has 3 aromatic rings. The molecule has 1 aromatic heterocycles. The molecule has 0 saturated carbocycles. The number of guanidine groups is 1. The van der Waals surface area contributed by atoms with Gasteiger partial charge in [-0.1, -0.05) is 24.3 Å². The fraction of sp³-hybridized carbons (Fsp3) is 0.333. The molecule has 0 atom stereocenters. The van der Waals surface area contributed by atoms with Crippen LogP contribution in [0.25, 0.3) is 5.69 Å². The number of nitrogens with zero attached hydrogens (tertiary/aromatic N) is 3. The molecule has 164 valence electrons. The van der Waals surface area contributed by atoms with Gasteiger partial charge >= 0.3 is 0 Å². The second kappa shape index (κ2) is 11.8. The summed E-state index contributed by atoms with van der Waals surface area (Å²) in [7, 11) is 1.77. The van der Waals surface area contributed by atoms with E-state index in [9.17, 15) is 0 Å². The summed E-state index contributed by atoms with van der Waals surface area (Å²) >= 11 is 0. The summed E-state index contributed by atoms with van der Waals surface area (Å²) in [5, 5.41) is 11.0. The Hall–Kier alpha value is -3.32. The van der Waals surface area contributed by atoms with Gasteiger partial charge in [-0.05, 0) is 49.2 Å². The molecule has 0 saturated heterocycles. The topological polar surface area (TPSA) is 72.7 Å². The fourth-order valence-corrected chi connectivity index (χ4v) is 3.07. The maximum absolute atomic E-state index is 5.92. The number of ether oxygens (including phenoxy) is 2. The Morgan fingerprint density at radius 3 is 2.58 bits per heavy atom. The van der Waals surface area contributed by atoms with E-state index in [0.29, 0.717) is 32.9 Å². The molecule has 0 fully saturated rings. The Balaban J connectivity index is 1.52. The van der Waals surface area contributed by atoms with Crippen molar-refractivity contribution in [2.45, 2.75) is 26.9 Å². The van der Waals surface area contributed by atoms with Crippen molar-refractivity contribution in [1.29, 1.82) is 0 Å². The monoisotopic (exact) mass is 421 g/mol. The average molecular weight is 422 g/mol. The molecule has 0 unspecified atom stereocenters. The number of aromatic nitrogens is 2. The highest BCUT2D eigenvalue weighted by Gasteiger charge is 2.06. The van der Waals surface area contributed by atoms with Gasteiger partial charge in [-0.2, -0.15) is 5.10 Å². The first-order valence-electron chi connectivity index (χ1n) is 10.5. The predicted octanol–water partition coefficient (Wildman–Crippen LogP) is 3.46. The van der Waals surface area contributed by atoms with Gasteiger partial charge in [0.25, 0.3) is 0 Å². The summed E-state index contributed by atoms with van der Waals surface area (Å²) in [6, 6.07) is 16.4. The van der Waals surface area contributed by atoms with E-state index in [1.165, 1.54) is 0 Å². The molecule has 0 spiro atoms. The van der Waals surface area contributed by atoms with Gasteiger partial charge in [0.1, 0.15) is 12.4 Å². The molecule has 0 radical (unpaired) electrons. The van der Waals surface area contributed by atoms with E-state index in [1.807, 2.05) is 23.9 Å². The van der Waals surface area contributed by atoms with Gasteiger partial charge < -0.3 is 20.1 Å². The maximum atomic E-state index is 5.92. The molecule has 1 heterocycles. The quantitative estimate of drug-likeness (QED) is 0.298. The SMILES string of the molecule is CCOCCOc1cc(C)ccc1CNC(=NC)NCc1ccc(-n2cccn2)cc1. The first kappa shape index (κ1) is 22.4. The Labute approximate surface area is 184 Å². The van der Waals surface area contributed by atoms with Gasteiger partial charge in [0, 0.05) is 44.7 Å². The summed E-state index contributed by atoms with van der Waals surface area (Å²) in [5.74, 6) is 1.61. The van der Waals surface area contributed by atoms with Crippen LogP contribution in [0.2, 0.25) is 0 Å². The highest BCUT2D eigenvalue weighted by Crippen LogP contribution is 2.20. The standard InChI is InChI=1S/C24H31N5O2/c1-4-30-14-15-31-23-16-19(2)6-9-21(23)18-27-24(25-3)26-17-20-7-10-22(11-8-20)29-13-5-12-28-29/h5-13,16H,4,14-15,17-18H2,1-3H3,(H2,25,26,27). The van der Waals surface area contributed by atoms with Gasteiger partial charge in [-0.3, -0.25) is 4.99 Å². The van der Waals surface area contributed by atoms with Crippen LogP contribution in [-0.2, 0) is 17.8 Å². The number of aliphatic imine (C=N–C) groups is 1. The molecular formula is C24H31N5O2. The van der Waals surface area contributed by atoms with Crippen LogP contribution in [0.1, 0.15) is 23.6 Å². The molecule has 7 nitrogen and oxygen atoms in total. The number of benzene rings is 2. The zero-order valence-corrected chi connectivity index (χ0v) is 18.5. The molecule has 7 heteroatoms. The number of aryl methyl sites for hydroxylation is 1. The van der Waals surface area contributed by atoms with Crippen LogP contribution in [0, 0.1) is 6.92 Å². The summed E-state index contributed by atoms with van der Waals surface area (Å²) in [4.78, 5) is 4.33. The minimum atomic E-state index is 0.534. The molecule has 2 aromatic carbocycles. The van der Waals surface area contributed by atoms with Crippen LogP contribution in [0.5, 0.6) is 5.75 Å².